The topological polar surface area (TPSA) is 73.9 Å². The van der Waals surface area contributed by atoms with Crippen molar-refractivity contribution in [2.24, 2.45) is 0 Å². The first-order valence-electron chi connectivity index (χ1n) is 8.54. The number of hydrogen-bond acceptors (Lipinski definition) is 5. The number of carbonyl (C=O) groups excluding carboxylic acids is 2. The van der Waals surface area contributed by atoms with E-state index in [0.717, 1.165) is 12.0 Å². The minimum atomic E-state index is -0.548. The van der Waals surface area contributed by atoms with E-state index in [1.807, 2.05) is 25.1 Å². The molecule has 27 heavy (non-hydrogen) atoms. The Hall–Kier alpha value is -2.73. The Morgan fingerprint density at radius 1 is 1.15 bits per heavy atom. The quantitative estimate of drug-likeness (QED) is 0.685. The highest BCUT2D eigenvalue weighted by atomic mass is 35.5. The van der Waals surface area contributed by atoms with E-state index < -0.39 is 5.97 Å². The van der Waals surface area contributed by atoms with Gasteiger partial charge in [-0.3, -0.25) is 4.79 Å². The highest BCUT2D eigenvalue weighted by Gasteiger charge is 2.18. The maximum absolute atomic E-state index is 12.2. The molecule has 2 rings (SSSR count). The van der Waals surface area contributed by atoms with Crippen molar-refractivity contribution < 1.29 is 23.8 Å². The summed E-state index contributed by atoms with van der Waals surface area (Å²) in [7, 11) is 1.42. The normalized spacial score (nSPS) is 10.2. The van der Waals surface area contributed by atoms with Gasteiger partial charge in [-0.1, -0.05) is 30.7 Å². The molecule has 0 aliphatic carbocycles. The molecular formula is C20H22ClNO5. The van der Waals surface area contributed by atoms with Crippen molar-refractivity contribution >= 4 is 29.2 Å². The number of nitrogens with one attached hydrogen (secondary N) is 1. The summed E-state index contributed by atoms with van der Waals surface area (Å²) in [5, 5.41) is 2.85. The Balaban J connectivity index is 2.07. The van der Waals surface area contributed by atoms with Gasteiger partial charge in [-0.15, -0.1) is 0 Å². The number of methoxy groups -OCH3 is 1. The van der Waals surface area contributed by atoms with Crippen LogP contribution in [0.25, 0.3) is 0 Å². The number of carbonyl (C=O) groups is 2. The van der Waals surface area contributed by atoms with Gasteiger partial charge in [0.15, 0.2) is 6.61 Å². The first-order valence-corrected chi connectivity index (χ1v) is 8.92. The smallest absolute Gasteiger partial charge is 0.341 e. The highest BCUT2D eigenvalue weighted by Crippen LogP contribution is 2.31. The van der Waals surface area contributed by atoms with Gasteiger partial charge in [0.25, 0.3) is 5.91 Å². The molecular weight excluding hydrogens is 370 g/mol. The van der Waals surface area contributed by atoms with Crippen LogP contribution in [-0.4, -0.2) is 32.2 Å². The minimum absolute atomic E-state index is 0.175. The number of anilines is 1. The average molecular weight is 392 g/mol. The molecule has 1 amide bonds. The van der Waals surface area contributed by atoms with Crippen molar-refractivity contribution in [1.82, 2.24) is 0 Å². The Labute approximate surface area is 163 Å². The van der Waals surface area contributed by atoms with Crippen molar-refractivity contribution in [3.05, 3.63) is 52.5 Å². The molecule has 0 fully saturated rings. The molecule has 0 atom stereocenters. The molecule has 0 aromatic heterocycles. The molecule has 0 bridgehead atoms. The third kappa shape index (κ3) is 5.62. The van der Waals surface area contributed by atoms with E-state index in [1.54, 1.807) is 13.0 Å². The summed E-state index contributed by atoms with van der Waals surface area (Å²) >= 11 is 6.18. The number of aryl methyl sites for hydroxylation is 1. The van der Waals surface area contributed by atoms with Gasteiger partial charge >= 0.3 is 5.97 Å². The van der Waals surface area contributed by atoms with Crippen LogP contribution in [-0.2, 0) is 16.0 Å². The largest absolute Gasteiger partial charge is 0.496 e. The average Bonchev–Trinajstić information content (AvgIpc) is 2.68. The van der Waals surface area contributed by atoms with Crippen LogP contribution >= 0.6 is 11.6 Å². The number of benzene rings is 2. The van der Waals surface area contributed by atoms with Crippen LogP contribution in [0.15, 0.2) is 36.4 Å². The Bertz CT molecular complexity index is 822. The molecule has 6 nitrogen and oxygen atoms in total. The monoisotopic (exact) mass is 391 g/mol. The predicted molar refractivity (Wildman–Crippen MR) is 104 cm³/mol. The predicted octanol–water partition coefficient (Wildman–Crippen LogP) is 4.11. The van der Waals surface area contributed by atoms with E-state index >= 15 is 0 Å². The van der Waals surface area contributed by atoms with Crippen molar-refractivity contribution in [3.8, 4) is 11.5 Å². The van der Waals surface area contributed by atoms with Gasteiger partial charge in [-0.2, -0.15) is 0 Å². The Kier molecular flexibility index (Phi) is 7.49. The summed E-state index contributed by atoms with van der Waals surface area (Å²) in [6.45, 7) is 3.80. The standard InChI is InChI=1S/C20H22ClNO5/c1-4-13-7-6-8-14(9-13)27-12-19(23)22-17-11-18(25-3)15(10-16(17)21)20(24)26-5-2/h6-11H,4-5,12H2,1-3H3,(H,22,23). The van der Waals surface area contributed by atoms with Gasteiger partial charge in [-0.25, -0.2) is 4.79 Å². The lowest BCUT2D eigenvalue weighted by Crippen LogP contribution is -2.20. The molecule has 0 aliphatic rings. The fourth-order valence-electron chi connectivity index (χ4n) is 2.38. The molecule has 0 unspecified atom stereocenters. The maximum atomic E-state index is 12.2. The van der Waals surface area contributed by atoms with Gasteiger partial charge in [0, 0.05) is 6.07 Å². The van der Waals surface area contributed by atoms with Crippen molar-refractivity contribution in [1.29, 1.82) is 0 Å². The SMILES string of the molecule is CCOC(=O)c1cc(Cl)c(NC(=O)COc2cccc(CC)c2)cc1OC. The van der Waals surface area contributed by atoms with Gasteiger partial charge < -0.3 is 19.5 Å². The molecule has 0 spiro atoms. The fourth-order valence-corrected chi connectivity index (χ4v) is 2.59. The van der Waals surface area contributed by atoms with Crippen molar-refractivity contribution in [2.45, 2.75) is 20.3 Å². The zero-order chi connectivity index (χ0) is 19.8. The van der Waals surface area contributed by atoms with Gasteiger partial charge in [-0.05, 0) is 37.1 Å². The molecule has 0 saturated carbocycles. The minimum Gasteiger partial charge on any atom is -0.496 e. The molecule has 2 aromatic carbocycles. The van der Waals surface area contributed by atoms with E-state index in [4.69, 9.17) is 25.8 Å². The van der Waals surface area contributed by atoms with Crippen LogP contribution in [0.4, 0.5) is 5.69 Å². The summed E-state index contributed by atoms with van der Waals surface area (Å²) in [5.74, 6) is -0.0615. The van der Waals surface area contributed by atoms with E-state index in [0.29, 0.717) is 11.4 Å². The second kappa shape index (κ2) is 9.83. The van der Waals surface area contributed by atoms with Crippen molar-refractivity contribution in [2.75, 3.05) is 25.6 Å². The molecule has 0 radical (unpaired) electrons. The van der Waals surface area contributed by atoms with E-state index in [9.17, 15) is 9.59 Å². The molecule has 0 aliphatic heterocycles. The lowest BCUT2D eigenvalue weighted by molar-refractivity contribution is -0.118. The lowest BCUT2D eigenvalue weighted by atomic mass is 10.1. The summed E-state index contributed by atoms with van der Waals surface area (Å²) in [6.07, 6.45) is 0.881. The summed E-state index contributed by atoms with van der Waals surface area (Å²) < 4.78 is 15.7. The third-order valence-electron chi connectivity index (χ3n) is 3.74. The first kappa shape index (κ1) is 20.6. The van der Waals surface area contributed by atoms with Gasteiger partial charge in [0.2, 0.25) is 0 Å². The number of esters is 1. The van der Waals surface area contributed by atoms with Crippen LogP contribution in [0, 0.1) is 0 Å². The van der Waals surface area contributed by atoms with Crippen LogP contribution < -0.4 is 14.8 Å². The Morgan fingerprint density at radius 3 is 2.59 bits per heavy atom. The zero-order valence-electron chi connectivity index (χ0n) is 15.5. The number of hydrogen-bond donors (Lipinski definition) is 1. The fraction of sp³-hybridized carbons (Fsp3) is 0.300. The Morgan fingerprint density at radius 2 is 1.93 bits per heavy atom. The maximum Gasteiger partial charge on any atom is 0.341 e. The summed E-state index contributed by atoms with van der Waals surface area (Å²) in [6, 6.07) is 10.4. The molecule has 0 saturated heterocycles. The van der Waals surface area contributed by atoms with Gasteiger partial charge in [0.1, 0.15) is 17.1 Å². The molecule has 0 heterocycles. The van der Waals surface area contributed by atoms with E-state index in [1.165, 1.54) is 19.2 Å². The summed E-state index contributed by atoms with van der Waals surface area (Å²) in [4.78, 5) is 24.1. The van der Waals surface area contributed by atoms with Crippen molar-refractivity contribution in [3.63, 3.8) is 0 Å². The van der Waals surface area contributed by atoms with Crippen LogP contribution in [0.2, 0.25) is 5.02 Å². The van der Waals surface area contributed by atoms with Crippen LogP contribution in [0.3, 0.4) is 0 Å². The molecule has 144 valence electrons. The second-order valence-corrected chi connectivity index (χ2v) is 6.00. The number of amides is 1. The second-order valence-electron chi connectivity index (χ2n) is 5.59. The molecule has 7 heteroatoms. The van der Waals surface area contributed by atoms with Crippen LogP contribution in [0.5, 0.6) is 11.5 Å². The number of ether oxygens (including phenoxy) is 3. The number of rotatable bonds is 8. The third-order valence-corrected chi connectivity index (χ3v) is 4.05. The van der Waals surface area contributed by atoms with E-state index in [-0.39, 0.29) is 35.5 Å². The van der Waals surface area contributed by atoms with Crippen LogP contribution in [0.1, 0.15) is 29.8 Å². The number of halogens is 1. The zero-order valence-corrected chi connectivity index (χ0v) is 16.3. The molecule has 1 N–H and O–H groups in total. The van der Waals surface area contributed by atoms with E-state index in [2.05, 4.69) is 5.32 Å². The lowest BCUT2D eigenvalue weighted by Gasteiger charge is -2.13. The van der Waals surface area contributed by atoms with Gasteiger partial charge in [0.05, 0.1) is 24.4 Å². The molecule has 2 aromatic rings. The highest BCUT2D eigenvalue weighted by molar-refractivity contribution is 6.34. The first-order chi connectivity index (χ1) is 13.0. The summed E-state index contributed by atoms with van der Waals surface area (Å²) in [5.41, 5.74) is 1.63.